The molecule has 0 bridgehead atoms. The number of likely N-dealkylation sites (tertiary alicyclic amines) is 1. The first-order valence-electron chi connectivity index (χ1n) is 8.36. The normalized spacial score (nSPS) is 31.7. The molecule has 118 valence electrons. The summed E-state index contributed by atoms with van der Waals surface area (Å²) < 4.78 is 5.05. The molecule has 1 saturated carbocycles. The van der Waals surface area contributed by atoms with Gasteiger partial charge in [0, 0.05) is 23.2 Å². The van der Waals surface area contributed by atoms with Gasteiger partial charge in [-0.15, -0.1) is 11.8 Å². The van der Waals surface area contributed by atoms with Crippen molar-refractivity contribution in [1.82, 2.24) is 9.88 Å². The summed E-state index contributed by atoms with van der Waals surface area (Å²) >= 11 is 1.72. The van der Waals surface area contributed by atoms with Gasteiger partial charge in [0.2, 0.25) is 5.91 Å². The Kier molecular flexibility index (Phi) is 3.99. The molecule has 4 rings (SSSR count). The van der Waals surface area contributed by atoms with E-state index >= 15 is 0 Å². The average Bonchev–Trinajstić information content (AvgIpc) is 3.24. The smallest absolute Gasteiger partial charge is 0.230 e. The monoisotopic (exact) mass is 318 g/mol. The second-order valence-corrected chi connectivity index (χ2v) is 7.67. The van der Waals surface area contributed by atoms with Crippen molar-refractivity contribution in [2.45, 2.75) is 44.6 Å². The molecule has 0 N–H and O–H groups in total. The molecule has 1 aliphatic carbocycles. The van der Waals surface area contributed by atoms with Crippen LogP contribution in [0, 0.1) is 11.8 Å². The Labute approximate surface area is 135 Å². The molecular weight excluding hydrogens is 296 g/mol. The molecule has 3 heterocycles. The van der Waals surface area contributed by atoms with Crippen LogP contribution in [0.4, 0.5) is 0 Å². The predicted molar refractivity (Wildman–Crippen MR) is 87.1 cm³/mol. The van der Waals surface area contributed by atoms with Crippen molar-refractivity contribution in [2.75, 3.05) is 12.3 Å². The van der Waals surface area contributed by atoms with Crippen molar-refractivity contribution < 1.29 is 9.21 Å². The number of aromatic nitrogens is 1. The molecule has 1 amide bonds. The van der Waals surface area contributed by atoms with Crippen LogP contribution in [0.25, 0.3) is 4.91 Å². The van der Waals surface area contributed by atoms with Crippen LogP contribution in [-0.2, 0) is 4.79 Å². The molecule has 1 aromatic rings. The minimum absolute atomic E-state index is 0.0115. The molecule has 5 heteroatoms. The van der Waals surface area contributed by atoms with Gasteiger partial charge >= 0.3 is 0 Å². The second kappa shape index (κ2) is 6.11. The maximum absolute atomic E-state index is 13.0. The Balaban J connectivity index is 1.49. The SMILES string of the molecule is O=C(C1C=C(c2cocn2)SC1)N1CCCC2CCCCC21. The van der Waals surface area contributed by atoms with E-state index in [1.165, 1.54) is 44.9 Å². The van der Waals surface area contributed by atoms with Gasteiger partial charge in [-0.2, -0.15) is 0 Å². The van der Waals surface area contributed by atoms with Crippen LogP contribution in [0.3, 0.4) is 0 Å². The van der Waals surface area contributed by atoms with Gasteiger partial charge in [0.25, 0.3) is 0 Å². The van der Waals surface area contributed by atoms with E-state index in [1.54, 1.807) is 18.0 Å². The average molecular weight is 318 g/mol. The van der Waals surface area contributed by atoms with Crippen molar-refractivity contribution in [3.8, 4) is 0 Å². The Morgan fingerprint density at radius 2 is 2.14 bits per heavy atom. The number of carbonyl (C=O) groups is 1. The van der Waals surface area contributed by atoms with Crippen LogP contribution >= 0.6 is 11.8 Å². The maximum Gasteiger partial charge on any atom is 0.230 e. The molecule has 1 aromatic heterocycles. The van der Waals surface area contributed by atoms with Crippen LogP contribution < -0.4 is 0 Å². The predicted octanol–water partition coefficient (Wildman–Crippen LogP) is 3.56. The first kappa shape index (κ1) is 14.4. The zero-order valence-electron chi connectivity index (χ0n) is 12.7. The van der Waals surface area contributed by atoms with E-state index in [9.17, 15) is 4.79 Å². The highest BCUT2D eigenvalue weighted by Gasteiger charge is 2.38. The summed E-state index contributed by atoms with van der Waals surface area (Å²) in [5.74, 6) is 1.94. The van der Waals surface area contributed by atoms with Crippen LogP contribution in [0.1, 0.15) is 44.2 Å². The van der Waals surface area contributed by atoms with Crippen LogP contribution in [0.2, 0.25) is 0 Å². The molecule has 0 spiro atoms. The molecule has 2 fully saturated rings. The maximum atomic E-state index is 13.0. The molecule has 22 heavy (non-hydrogen) atoms. The molecule has 3 atom stereocenters. The third-order valence-corrected chi connectivity index (χ3v) is 6.48. The van der Waals surface area contributed by atoms with E-state index in [-0.39, 0.29) is 5.92 Å². The largest absolute Gasteiger partial charge is 0.451 e. The summed E-state index contributed by atoms with van der Waals surface area (Å²) in [6, 6.07) is 0.504. The summed E-state index contributed by atoms with van der Waals surface area (Å²) in [6.07, 6.45) is 12.8. The lowest BCUT2D eigenvalue weighted by Gasteiger charge is -2.44. The molecular formula is C17H22N2O2S. The molecule has 3 unspecified atom stereocenters. The summed E-state index contributed by atoms with van der Waals surface area (Å²) in [5, 5.41) is 0. The fraction of sp³-hybridized carbons (Fsp3) is 0.647. The fourth-order valence-electron chi connectivity index (χ4n) is 4.21. The second-order valence-electron chi connectivity index (χ2n) is 6.61. The van der Waals surface area contributed by atoms with E-state index < -0.39 is 0 Å². The summed E-state index contributed by atoms with van der Waals surface area (Å²) in [7, 11) is 0. The van der Waals surface area contributed by atoms with Crippen LogP contribution in [0.15, 0.2) is 23.1 Å². The van der Waals surface area contributed by atoms with E-state index in [2.05, 4.69) is 16.0 Å². The zero-order chi connectivity index (χ0) is 14.9. The number of hydrogen-bond acceptors (Lipinski definition) is 4. The summed E-state index contributed by atoms with van der Waals surface area (Å²) in [4.78, 5) is 20.5. The Morgan fingerprint density at radius 1 is 1.27 bits per heavy atom. The number of rotatable bonds is 2. The summed E-state index contributed by atoms with van der Waals surface area (Å²) in [5.41, 5.74) is 0.856. The number of nitrogens with zero attached hydrogens (tertiary/aromatic N) is 2. The topological polar surface area (TPSA) is 46.3 Å². The van der Waals surface area contributed by atoms with Gasteiger partial charge in [-0.05, 0) is 31.6 Å². The lowest BCUT2D eigenvalue weighted by Crippen LogP contribution is -2.51. The van der Waals surface area contributed by atoms with Gasteiger partial charge in [0.15, 0.2) is 6.39 Å². The molecule has 4 nitrogen and oxygen atoms in total. The molecule has 2 aliphatic heterocycles. The highest BCUT2D eigenvalue weighted by Crippen LogP contribution is 2.40. The number of thioether (sulfide) groups is 1. The highest BCUT2D eigenvalue weighted by atomic mass is 32.2. The third kappa shape index (κ3) is 2.60. The first-order chi connectivity index (χ1) is 10.8. The van der Waals surface area contributed by atoms with Crippen molar-refractivity contribution in [3.05, 3.63) is 24.4 Å². The Morgan fingerprint density at radius 3 is 3.00 bits per heavy atom. The molecule has 3 aliphatic rings. The number of piperidine rings is 1. The van der Waals surface area contributed by atoms with Crippen molar-refractivity contribution >= 4 is 22.6 Å². The standard InChI is InChI=1S/C17H22N2O2S/c20-17(13-8-16(22-10-13)14-9-21-11-18-14)19-7-3-5-12-4-1-2-6-15(12)19/h8-9,11-13,15H,1-7,10H2. The lowest BCUT2D eigenvalue weighted by atomic mass is 9.78. The van der Waals surface area contributed by atoms with Crippen LogP contribution in [-0.4, -0.2) is 34.1 Å². The molecule has 0 aromatic carbocycles. The lowest BCUT2D eigenvalue weighted by molar-refractivity contribution is -0.139. The van der Waals surface area contributed by atoms with E-state index in [0.29, 0.717) is 11.9 Å². The number of oxazole rings is 1. The van der Waals surface area contributed by atoms with Crippen molar-refractivity contribution in [2.24, 2.45) is 11.8 Å². The van der Waals surface area contributed by atoms with E-state index in [0.717, 1.165) is 28.8 Å². The Bertz CT molecular complexity index is 567. The highest BCUT2D eigenvalue weighted by molar-refractivity contribution is 8.08. The van der Waals surface area contributed by atoms with Gasteiger partial charge in [0.1, 0.15) is 12.0 Å². The number of carbonyl (C=O) groups excluding carboxylic acids is 1. The first-order valence-corrected chi connectivity index (χ1v) is 9.35. The Hall–Kier alpha value is -1.23. The van der Waals surface area contributed by atoms with Gasteiger partial charge in [-0.1, -0.05) is 18.9 Å². The number of amides is 1. The van der Waals surface area contributed by atoms with Crippen molar-refractivity contribution in [1.29, 1.82) is 0 Å². The fourth-order valence-corrected chi connectivity index (χ4v) is 5.31. The number of hydrogen-bond donors (Lipinski definition) is 0. The minimum Gasteiger partial charge on any atom is -0.451 e. The van der Waals surface area contributed by atoms with Gasteiger partial charge in [0.05, 0.1) is 5.92 Å². The third-order valence-electron chi connectivity index (χ3n) is 5.30. The molecule has 1 saturated heterocycles. The molecule has 0 radical (unpaired) electrons. The number of fused-ring (bicyclic) bond motifs is 1. The zero-order valence-corrected chi connectivity index (χ0v) is 13.6. The van der Waals surface area contributed by atoms with E-state index in [1.807, 2.05) is 0 Å². The van der Waals surface area contributed by atoms with E-state index in [4.69, 9.17) is 4.42 Å². The van der Waals surface area contributed by atoms with Gasteiger partial charge in [-0.25, -0.2) is 4.98 Å². The van der Waals surface area contributed by atoms with Crippen LogP contribution in [0.5, 0.6) is 0 Å². The van der Waals surface area contributed by atoms with Crippen molar-refractivity contribution in [3.63, 3.8) is 0 Å². The summed E-state index contributed by atoms with van der Waals surface area (Å²) in [6.45, 7) is 0.953. The minimum atomic E-state index is 0.0115. The van der Waals surface area contributed by atoms with Gasteiger partial charge < -0.3 is 9.32 Å². The quantitative estimate of drug-likeness (QED) is 0.836. The van der Waals surface area contributed by atoms with Gasteiger partial charge in [-0.3, -0.25) is 4.79 Å².